The van der Waals surface area contributed by atoms with Crippen molar-refractivity contribution in [3.63, 3.8) is 0 Å². The zero-order valence-corrected chi connectivity index (χ0v) is 45.0. The fraction of sp³-hybridized carbons (Fsp3) is 0.646. The van der Waals surface area contributed by atoms with Gasteiger partial charge >= 0.3 is 0 Å². The number of amides is 1. The first kappa shape index (κ1) is 65.5. The molecule has 0 heterocycles. The van der Waals surface area contributed by atoms with Crippen LogP contribution in [0.15, 0.2) is 134 Å². The summed E-state index contributed by atoms with van der Waals surface area (Å²) in [5, 5.41) is 23.1. The van der Waals surface area contributed by atoms with Crippen LogP contribution in [-0.4, -0.2) is 34.9 Å². The molecule has 0 saturated carbocycles. The lowest BCUT2D eigenvalue weighted by Crippen LogP contribution is -2.45. The summed E-state index contributed by atoms with van der Waals surface area (Å²) >= 11 is 0. The van der Waals surface area contributed by atoms with E-state index < -0.39 is 12.1 Å². The van der Waals surface area contributed by atoms with E-state index in [2.05, 4.69) is 141 Å². The molecule has 0 spiro atoms. The molecule has 4 heteroatoms. The topological polar surface area (TPSA) is 69.6 Å². The molecular weight excluding hydrogens is 843 g/mol. The molecule has 3 N–H and O–H groups in total. The van der Waals surface area contributed by atoms with E-state index in [1.807, 2.05) is 6.08 Å². The van der Waals surface area contributed by atoms with E-state index in [1.165, 1.54) is 141 Å². The third-order valence-electron chi connectivity index (χ3n) is 12.4. The summed E-state index contributed by atoms with van der Waals surface area (Å²) in [5.74, 6) is -0.135. The van der Waals surface area contributed by atoms with Gasteiger partial charge in [0.2, 0.25) is 5.91 Å². The molecule has 1 amide bonds. The van der Waals surface area contributed by atoms with Gasteiger partial charge in [-0.2, -0.15) is 0 Å². The quantitative estimate of drug-likeness (QED) is 0.0420. The number of allylic oxidation sites excluding steroid dienone is 21. The van der Waals surface area contributed by atoms with Crippen LogP contribution in [0.1, 0.15) is 251 Å². The molecule has 0 radical (unpaired) electrons. The van der Waals surface area contributed by atoms with Crippen LogP contribution in [0.4, 0.5) is 0 Å². The number of hydrogen-bond donors (Lipinski definition) is 3. The normalized spacial score (nSPS) is 13.9. The highest BCUT2D eigenvalue weighted by Crippen LogP contribution is 2.16. The van der Waals surface area contributed by atoms with Crippen molar-refractivity contribution in [2.45, 2.75) is 264 Å². The summed E-state index contributed by atoms with van der Waals surface area (Å²) in [7, 11) is 0. The van der Waals surface area contributed by atoms with Crippen LogP contribution in [-0.2, 0) is 4.79 Å². The summed E-state index contributed by atoms with van der Waals surface area (Å²) in [4.78, 5) is 12.5. The Hall–Kier alpha value is -3.47. The maximum absolute atomic E-state index is 12.5. The highest BCUT2D eigenvalue weighted by atomic mass is 16.3. The van der Waals surface area contributed by atoms with Crippen LogP contribution in [0.25, 0.3) is 0 Å². The highest BCUT2D eigenvalue weighted by molar-refractivity contribution is 5.76. The molecular formula is C65H109NO3. The summed E-state index contributed by atoms with van der Waals surface area (Å²) in [6, 6.07) is -0.682. The number of nitrogens with one attached hydrogen (secondary N) is 1. The molecule has 0 saturated heterocycles. The zero-order chi connectivity index (χ0) is 49.9. The molecule has 0 aliphatic rings. The van der Waals surface area contributed by atoms with E-state index in [4.69, 9.17) is 0 Å². The van der Waals surface area contributed by atoms with E-state index in [0.717, 1.165) is 89.9 Å². The van der Waals surface area contributed by atoms with Crippen LogP contribution < -0.4 is 5.32 Å². The molecule has 0 aromatic heterocycles. The molecule has 4 nitrogen and oxygen atoms in total. The van der Waals surface area contributed by atoms with E-state index in [1.54, 1.807) is 6.08 Å². The van der Waals surface area contributed by atoms with Gasteiger partial charge in [0.05, 0.1) is 18.8 Å². The lowest BCUT2D eigenvalue weighted by molar-refractivity contribution is -0.122. The van der Waals surface area contributed by atoms with Gasteiger partial charge in [-0.3, -0.25) is 4.79 Å². The standard InChI is InChI=1S/C65H109NO3/c1-3-5-7-9-11-13-15-17-19-21-23-25-27-29-31-33-35-37-39-41-43-45-47-49-51-53-55-57-59-61-65(69)66-63(62-67)64(68)60-58-56-54-52-50-48-46-44-42-40-38-36-34-32-30-28-26-24-22-20-18-16-14-12-10-8-6-4-2/h5,7,11,13,17,19,23,25,29,31,35,37,41,43,47,49-50,52-53,55,58,60,63-64,67-68H,3-4,6,8-10,12,14-16,18,20-22,24,26-28,30,32-34,36,38-40,42,44-46,48,51,54,56-57,59,61-62H2,1-2H3,(H,66,69)/b7-5-,13-11-,19-17-,25-23-,31-29-,37-35-,43-41-,49-47-,52-50+,55-53-,60-58+. The van der Waals surface area contributed by atoms with Crippen LogP contribution in [0, 0.1) is 0 Å². The van der Waals surface area contributed by atoms with Gasteiger partial charge in [-0.25, -0.2) is 0 Å². The van der Waals surface area contributed by atoms with Crippen molar-refractivity contribution in [2.24, 2.45) is 0 Å². The van der Waals surface area contributed by atoms with Gasteiger partial charge in [-0.15, -0.1) is 0 Å². The molecule has 0 aromatic carbocycles. The minimum atomic E-state index is -0.898. The second kappa shape index (κ2) is 58.8. The number of hydrogen-bond acceptors (Lipinski definition) is 3. The highest BCUT2D eigenvalue weighted by Gasteiger charge is 2.17. The van der Waals surface area contributed by atoms with Crippen LogP contribution in [0.5, 0.6) is 0 Å². The first-order valence-electron chi connectivity index (χ1n) is 28.9. The van der Waals surface area contributed by atoms with E-state index >= 15 is 0 Å². The number of aliphatic hydroxyl groups is 2. The summed E-state index contributed by atoms with van der Waals surface area (Å²) in [6.07, 6.45) is 91.9. The smallest absolute Gasteiger partial charge is 0.220 e. The number of unbranched alkanes of at least 4 members (excludes halogenated alkanes) is 24. The Kier molecular flexibility index (Phi) is 55.9. The van der Waals surface area contributed by atoms with Gasteiger partial charge in [0, 0.05) is 6.42 Å². The van der Waals surface area contributed by atoms with Gasteiger partial charge in [0.25, 0.3) is 0 Å². The second-order valence-corrected chi connectivity index (χ2v) is 19.0. The molecule has 0 aromatic rings. The first-order valence-corrected chi connectivity index (χ1v) is 28.9. The third-order valence-corrected chi connectivity index (χ3v) is 12.4. The Morgan fingerprint density at radius 3 is 1.01 bits per heavy atom. The lowest BCUT2D eigenvalue weighted by Gasteiger charge is -2.19. The Labute approximate surface area is 428 Å². The summed E-state index contributed by atoms with van der Waals surface area (Å²) in [5.41, 5.74) is 0. The Morgan fingerprint density at radius 1 is 0.362 bits per heavy atom. The van der Waals surface area contributed by atoms with Crippen molar-refractivity contribution < 1.29 is 15.0 Å². The zero-order valence-electron chi connectivity index (χ0n) is 45.0. The average Bonchev–Trinajstić information content (AvgIpc) is 3.35. The van der Waals surface area contributed by atoms with Gasteiger partial charge in [-0.05, 0) is 96.3 Å². The fourth-order valence-electron chi connectivity index (χ4n) is 8.02. The predicted molar refractivity (Wildman–Crippen MR) is 308 cm³/mol. The Bertz CT molecular complexity index is 1400. The van der Waals surface area contributed by atoms with Gasteiger partial charge in [-0.1, -0.05) is 282 Å². The molecule has 0 aliphatic carbocycles. The summed E-state index contributed by atoms with van der Waals surface area (Å²) in [6.45, 7) is 4.17. The number of aliphatic hydroxyl groups excluding tert-OH is 2. The third kappa shape index (κ3) is 55.3. The second-order valence-electron chi connectivity index (χ2n) is 19.0. The van der Waals surface area contributed by atoms with Crippen molar-refractivity contribution in [1.29, 1.82) is 0 Å². The Balaban J connectivity index is 3.70. The number of carbonyl (C=O) groups is 1. The van der Waals surface area contributed by atoms with E-state index in [0.29, 0.717) is 6.42 Å². The maximum Gasteiger partial charge on any atom is 0.220 e. The average molecular weight is 953 g/mol. The molecule has 392 valence electrons. The SMILES string of the molecule is CC/C=C\C/C=C\C/C=C\C/C=C\C/C=C\C/C=C\C/C=C\C/C=C\C/C=C\CCCC(=O)NC(CO)C(O)/C=C/CC/C=C/CCCCCCCCCCCCCCCCCCCCCCCC. The van der Waals surface area contributed by atoms with Crippen molar-refractivity contribution >= 4 is 5.91 Å². The molecule has 0 fully saturated rings. The minimum Gasteiger partial charge on any atom is -0.394 e. The van der Waals surface area contributed by atoms with Gasteiger partial charge < -0.3 is 15.5 Å². The van der Waals surface area contributed by atoms with Crippen molar-refractivity contribution in [1.82, 2.24) is 5.32 Å². The van der Waals surface area contributed by atoms with Gasteiger partial charge in [0.15, 0.2) is 0 Å². The van der Waals surface area contributed by atoms with Crippen molar-refractivity contribution in [3.05, 3.63) is 134 Å². The Morgan fingerprint density at radius 2 is 0.652 bits per heavy atom. The van der Waals surface area contributed by atoms with E-state index in [-0.39, 0.29) is 12.5 Å². The van der Waals surface area contributed by atoms with Crippen molar-refractivity contribution in [2.75, 3.05) is 6.61 Å². The molecule has 69 heavy (non-hydrogen) atoms. The molecule has 2 unspecified atom stereocenters. The van der Waals surface area contributed by atoms with E-state index in [9.17, 15) is 15.0 Å². The van der Waals surface area contributed by atoms with Crippen LogP contribution in [0.2, 0.25) is 0 Å². The number of carbonyl (C=O) groups excluding carboxylic acids is 1. The van der Waals surface area contributed by atoms with Crippen LogP contribution in [0.3, 0.4) is 0 Å². The number of rotatable bonds is 51. The van der Waals surface area contributed by atoms with Crippen LogP contribution >= 0.6 is 0 Å². The molecule has 0 rings (SSSR count). The van der Waals surface area contributed by atoms with Gasteiger partial charge in [0.1, 0.15) is 0 Å². The lowest BCUT2D eigenvalue weighted by atomic mass is 10.0. The maximum atomic E-state index is 12.5. The summed E-state index contributed by atoms with van der Waals surface area (Å²) < 4.78 is 0. The first-order chi connectivity index (χ1) is 34.2. The molecule has 2 atom stereocenters. The largest absolute Gasteiger partial charge is 0.394 e. The minimum absolute atomic E-state index is 0.135. The fourth-order valence-corrected chi connectivity index (χ4v) is 8.02. The van der Waals surface area contributed by atoms with Crippen molar-refractivity contribution in [3.8, 4) is 0 Å². The molecule has 0 aliphatic heterocycles. The molecule has 0 bridgehead atoms. The monoisotopic (exact) mass is 952 g/mol. The predicted octanol–water partition coefficient (Wildman–Crippen LogP) is 19.4.